The molecule has 0 fully saturated rings. The maximum Gasteiger partial charge on any atom is 0.223 e. The van der Waals surface area contributed by atoms with E-state index in [1.54, 1.807) is 11.3 Å². The van der Waals surface area contributed by atoms with Gasteiger partial charge in [0, 0.05) is 24.4 Å². The molecule has 25 heavy (non-hydrogen) atoms. The van der Waals surface area contributed by atoms with Gasteiger partial charge in [0.25, 0.3) is 0 Å². The van der Waals surface area contributed by atoms with Crippen LogP contribution in [0.3, 0.4) is 0 Å². The van der Waals surface area contributed by atoms with Gasteiger partial charge in [0.2, 0.25) is 5.91 Å². The van der Waals surface area contributed by atoms with Crippen LogP contribution in [0, 0.1) is 0 Å². The Balaban J connectivity index is 1.63. The third kappa shape index (κ3) is 5.57. The molecule has 0 bridgehead atoms. The zero-order valence-electron chi connectivity index (χ0n) is 14.3. The van der Waals surface area contributed by atoms with Crippen LogP contribution in [-0.4, -0.2) is 10.8 Å². The van der Waals surface area contributed by atoms with E-state index in [0.717, 1.165) is 12.8 Å². The number of thiophene rings is 1. The van der Waals surface area contributed by atoms with Crippen molar-refractivity contribution in [3.8, 4) is 0 Å². The molecule has 2 aromatic carbocycles. The van der Waals surface area contributed by atoms with Crippen molar-refractivity contribution < 1.29 is 4.79 Å². The lowest BCUT2D eigenvalue weighted by molar-refractivity contribution is -0.132. The molecule has 1 aromatic heterocycles. The van der Waals surface area contributed by atoms with Gasteiger partial charge in [-0.15, -0.1) is 11.3 Å². The molecule has 0 aliphatic heterocycles. The molecule has 0 unspecified atom stereocenters. The first-order valence-electron chi connectivity index (χ1n) is 8.69. The summed E-state index contributed by atoms with van der Waals surface area (Å²) in [5.41, 5.74) is 2.34. The van der Waals surface area contributed by atoms with E-state index in [1.165, 1.54) is 16.0 Å². The van der Waals surface area contributed by atoms with E-state index in [-0.39, 0.29) is 5.91 Å². The Morgan fingerprint density at radius 2 is 1.40 bits per heavy atom. The quantitative estimate of drug-likeness (QED) is 0.540. The van der Waals surface area contributed by atoms with Crippen LogP contribution in [0.1, 0.15) is 28.8 Å². The minimum absolute atomic E-state index is 0.226. The average Bonchev–Trinajstić information content (AvgIpc) is 3.16. The summed E-state index contributed by atoms with van der Waals surface area (Å²) in [6, 6.07) is 24.6. The molecule has 0 aliphatic rings. The Morgan fingerprint density at radius 3 is 1.92 bits per heavy atom. The lowest BCUT2D eigenvalue weighted by atomic mass is 10.1. The van der Waals surface area contributed by atoms with Gasteiger partial charge in [-0.25, -0.2) is 0 Å². The molecule has 0 saturated heterocycles. The SMILES string of the molecule is O=C(CCCc1cccs1)N(Cc1ccccc1)Cc1ccccc1. The predicted octanol–water partition coefficient (Wildman–Crippen LogP) is 5.30. The van der Waals surface area contributed by atoms with E-state index in [9.17, 15) is 4.79 Å². The molecule has 0 radical (unpaired) electrons. The minimum Gasteiger partial charge on any atom is -0.334 e. The lowest BCUT2D eigenvalue weighted by Gasteiger charge is -2.23. The zero-order valence-corrected chi connectivity index (χ0v) is 15.1. The lowest BCUT2D eigenvalue weighted by Crippen LogP contribution is -2.30. The number of amides is 1. The van der Waals surface area contributed by atoms with E-state index < -0.39 is 0 Å². The smallest absolute Gasteiger partial charge is 0.223 e. The van der Waals surface area contributed by atoms with Gasteiger partial charge in [0.15, 0.2) is 0 Å². The van der Waals surface area contributed by atoms with Crippen LogP contribution in [-0.2, 0) is 24.3 Å². The zero-order chi connectivity index (χ0) is 17.3. The number of aryl methyl sites for hydroxylation is 1. The summed E-state index contributed by atoms with van der Waals surface area (Å²) in [5, 5.41) is 2.09. The summed E-state index contributed by atoms with van der Waals surface area (Å²) in [6.07, 6.45) is 2.48. The van der Waals surface area contributed by atoms with Crippen molar-refractivity contribution in [1.82, 2.24) is 4.90 Å². The summed E-state index contributed by atoms with van der Waals surface area (Å²) >= 11 is 1.76. The van der Waals surface area contributed by atoms with Gasteiger partial charge in [-0.2, -0.15) is 0 Å². The van der Waals surface area contributed by atoms with Crippen molar-refractivity contribution in [1.29, 1.82) is 0 Å². The Hall–Kier alpha value is -2.39. The van der Waals surface area contributed by atoms with Crippen molar-refractivity contribution in [3.63, 3.8) is 0 Å². The molecular formula is C22H23NOS. The van der Waals surface area contributed by atoms with Gasteiger partial charge in [-0.1, -0.05) is 66.7 Å². The van der Waals surface area contributed by atoms with Gasteiger partial charge in [-0.3, -0.25) is 4.79 Å². The topological polar surface area (TPSA) is 20.3 Å². The van der Waals surface area contributed by atoms with E-state index in [1.807, 2.05) is 41.3 Å². The van der Waals surface area contributed by atoms with Crippen molar-refractivity contribution in [2.24, 2.45) is 0 Å². The molecule has 128 valence electrons. The standard InChI is InChI=1S/C22H23NOS/c24-22(15-7-13-21-14-8-16-25-21)23(17-19-9-3-1-4-10-19)18-20-11-5-2-6-12-20/h1-6,8-12,14,16H,7,13,15,17-18H2. The minimum atomic E-state index is 0.226. The second kappa shape index (κ2) is 9.19. The summed E-state index contributed by atoms with van der Waals surface area (Å²) < 4.78 is 0. The van der Waals surface area contributed by atoms with Gasteiger partial charge < -0.3 is 4.90 Å². The fourth-order valence-corrected chi connectivity index (χ4v) is 3.62. The number of benzene rings is 2. The van der Waals surface area contributed by atoms with Crippen molar-refractivity contribution in [2.45, 2.75) is 32.4 Å². The third-order valence-electron chi connectivity index (χ3n) is 4.18. The predicted molar refractivity (Wildman–Crippen MR) is 104 cm³/mol. The van der Waals surface area contributed by atoms with Gasteiger partial charge >= 0.3 is 0 Å². The van der Waals surface area contributed by atoms with E-state index in [2.05, 4.69) is 41.8 Å². The normalized spacial score (nSPS) is 10.6. The van der Waals surface area contributed by atoms with Crippen molar-refractivity contribution >= 4 is 17.2 Å². The number of rotatable bonds is 8. The maximum atomic E-state index is 12.8. The first-order chi connectivity index (χ1) is 12.3. The molecule has 3 heteroatoms. The second-order valence-corrected chi connectivity index (χ2v) is 7.19. The van der Waals surface area contributed by atoms with E-state index in [4.69, 9.17) is 0 Å². The molecule has 1 heterocycles. The molecule has 0 N–H and O–H groups in total. The van der Waals surface area contributed by atoms with E-state index >= 15 is 0 Å². The summed E-state index contributed by atoms with van der Waals surface area (Å²) in [4.78, 5) is 16.1. The Kier molecular flexibility index (Phi) is 6.41. The average molecular weight is 349 g/mol. The highest BCUT2D eigenvalue weighted by molar-refractivity contribution is 7.09. The fourth-order valence-electron chi connectivity index (χ4n) is 2.87. The molecular weight excluding hydrogens is 326 g/mol. The van der Waals surface area contributed by atoms with Crippen LogP contribution in [0.25, 0.3) is 0 Å². The number of carbonyl (C=O) groups excluding carboxylic acids is 1. The largest absolute Gasteiger partial charge is 0.334 e. The Morgan fingerprint density at radius 1 is 0.800 bits per heavy atom. The van der Waals surface area contributed by atoms with Crippen molar-refractivity contribution in [3.05, 3.63) is 94.2 Å². The monoisotopic (exact) mass is 349 g/mol. The molecule has 2 nitrogen and oxygen atoms in total. The Bertz CT molecular complexity index is 712. The van der Waals surface area contributed by atoms with Crippen LogP contribution in [0.4, 0.5) is 0 Å². The van der Waals surface area contributed by atoms with Crippen molar-refractivity contribution in [2.75, 3.05) is 0 Å². The second-order valence-electron chi connectivity index (χ2n) is 6.15. The molecule has 3 rings (SSSR count). The molecule has 1 amide bonds. The Labute approximate surface area is 153 Å². The number of carbonyl (C=O) groups is 1. The number of hydrogen-bond acceptors (Lipinski definition) is 2. The maximum absolute atomic E-state index is 12.8. The molecule has 0 aliphatic carbocycles. The van der Waals surface area contributed by atoms with Crippen LogP contribution < -0.4 is 0 Å². The number of hydrogen-bond donors (Lipinski definition) is 0. The third-order valence-corrected chi connectivity index (χ3v) is 5.12. The van der Waals surface area contributed by atoms with Gasteiger partial charge in [-0.05, 0) is 35.4 Å². The molecule has 0 atom stereocenters. The van der Waals surface area contributed by atoms with Crippen LogP contribution in [0.5, 0.6) is 0 Å². The van der Waals surface area contributed by atoms with Crippen LogP contribution in [0.2, 0.25) is 0 Å². The highest BCUT2D eigenvalue weighted by Crippen LogP contribution is 2.15. The van der Waals surface area contributed by atoms with Gasteiger partial charge in [0.1, 0.15) is 0 Å². The highest BCUT2D eigenvalue weighted by atomic mass is 32.1. The molecule has 0 spiro atoms. The van der Waals surface area contributed by atoms with Crippen LogP contribution in [0.15, 0.2) is 78.2 Å². The summed E-state index contributed by atoms with van der Waals surface area (Å²) in [5.74, 6) is 0.226. The first kappa shape index (κ1) is 17.4. The summed E-state index contributed by atoms with van der Waals surface area (Å²) in [7, 11) is 0. The van der Waals surface area contributed by atoms with Crippen LogP contribution >= 0.6 is 11.3 Å². The fraction of sp³-hybridized carbons (Fsp3) is 0.227. The van der Waals surface area contributed by atoms with Gasteiger partial charge in [0.05, 0.1) is 0 Å². The number of nitrogens with zero attached hydrogens (tertiary/aromatic N) is 1. The van der Waals surface area contributed by atoms with E-state index in [0.29, 0.717) is 19.5 Å². The highest BCUT2D eigenvalue weighted by Gasteiger charge is 2.14. The molecule has 0 saturated carbocycles. The first-order valence-corrected chi connectivity index (χ1v) is 9.57. The molecule has 3 aromatic rings. The summed E-state index contributed by atoms with van der Waals surface area (Å²) in [6.45, 7) is 1.32.